The Hall–Kier alpha value is -1.63. The van der Waals surface area contributed by atoms with Crippen LogP contribution in [0, 0.1) is 0 Å². The minimum Gasteiger partial charge on any atom is -0.394 e. The maximum absolute atomic E-state index is 13.1. The highest BCUT2D eigenvalue weighted by Gasteiger charge is 2.44. The van der Waals surface area contributed by atoms with Gasteiger partial charge in [-0.15, -0.1) is 0 Å². The number of aliphatic hydroxyl groups excluding tert-OH is 6. The first kappa shape index (κ1) is 66.4. The number of unbranched alkanes of at least 4 members (excludes halogenated alkanes) is 36. The van der Waals surface area contributed by atoms with Gasteiger partial charge in [0.2, 0.25) is 5.91 Å². The van der Waals surface area contributed by atoms with Crippen LogP contribution >= 0.6 is 0 Å². The molecule has 0 radical (unpaired) electrons. The molecule has 1 amide bonds. The number of amides is 1. The molecule has 0 aromatic carbocycles. The average molecular weight is 993 g/mol. The molecule has 0 saturated carbocycles. The van der Waals surface area contributed by atoms with Crippen molar-refractivity contribution in [1.29, 1.82) is 0 Å². The van der Waals surface area contributed by atoms with E-state index in [0.717, 1.165) is 44.9 Å². The molecule has 0 spiro atoms. The molecule has 8 atom stereocenters. The van der Waals surface area contributed by atoms with Crippen molar-refractivity contribution in [3.05, 3.63) is 36.5 Å². The predicted molar refractivity (Wildman–Crippen MR) is 292 cm³/mol. The molecule has 10 heteroatoms. The Balaban J connectivity index is 2.21. The van der Waals surface area contributed by atoms with Crippen molar-refractivity contribution < 1.29 is 44.9 Å². The quantitative estimate of drug-likeness (QED) is 0.0232. The van der Waals surface area contributed by atoms with Crippen molar-refractivity contribution >= 4 is 5.91 Å². The number of aliphatic hydroxyl groups is 6. The molecule has 1 aliphatic heterocycles. The van der Waals surface area contributed by atoms with Crippen LogP contribution in [-0.2, 0) is 14.3 Å². The monoisotopic (exact) mass is 992 g/mol. The van der Waals surface area contributed by atoms with Crippen LogP contribution in [0.15, 0.2) is 36.5 Å². The maximum Gasteiger partial charge on any atom is 0.249 e. The van der Waals surface area contributed by atoms with Crippen LogP contribution in [0.1, 0.15) is 277 Å². The van der Waals surface area contributed by atoms with Crippen LogP contribution in [0.4, 0.5) is 0 Å². The zero-order chi connectivity index (χ0) is 51.0. The minimum atomic E-state index is -1.62. The van der Waals surface area contributed by atoms with E-state index in [4.69, 9.17) is 9.47 Å². The zero-order valence-corrected chi connectivity index (χ0v) is 45.4. The number of allylic oxidation sites excluding steroid dienone is 5. The summed E-state index contributed by atoms with van der Waals surface area (Å²) in [5.41, 5.74) is 0. The van der Waals surface area contributed by atoms with E-state index in [2.05, 4.69) is 43.5 Å². The lowest BCUT2D eigenvalue weighted by Crippen LogP contribution is -2.60. The van der Waals surface area contributed by atoms with E-state index in [0.29, 0.717) is 19.3 Å². The third-order valence-electron chi connectivity index (χ3n) is 14.3. The summed E-state index contributed by atoms with van der Waals surface area (Å²) in [7, 11) is 0. The van der Waals surface area contributed by atoms with Gasteiger partial charge in [-0.1, -0.05) is 269 Å². The Kier molecular flexibility index (Phi) is 47.0. The van der Waals surface area contributed by atoms with Gasteiger partial charge in [0.05, 0.1) is 25.4 Å². The maximum atomic E-state index is 13.1. The van der Waals surface area contributed by atoms with Gasteiger partial charge < -0.3 is 45.4 Å². The largest absolute Gasteiger partial charge is 0.394 e. The van der Waals surface area contributed by atoms with Crippen LogP contribution in [0.25, 0.3) is 0 Å². The summed E-state index contributed by atoms with van der Waals surface area (Å²) < 4.78 is 11.2. The van der Waals surface area contributed by atoms with Gasteiger partial charge in [0, 0.05) is 0 Å². The molecule has 10 nitrogen and oxygen atoms in total. The lowest BCUT2D eigenvalue weighted by atomic mass is 9.99. The number of nitrogens with one attached hydrogen (secondary N) is 1. The van der Waals surface area contributed by atoms with Crippen molar-refractivity contribution in [1.82, 2.24) is 5.32 Å². The van der Waals surface area contributed by atoms with E-state index < -0.39 is 61.5 Å². The van der Waals surface area contributed by atoms with Crippen molar-refractivity contribution in [2.24, 2.45) is 0 Å². The molecular formula is C60H113NO9. The fourth-order valence-electron chi connectivity index (χ4n) is 9.49. The molecular weight excluding hydrogens is 879 g/mol. The highest BCUT2D eigenvalue weighted by atomic mass is 16.7. The topological polar surface area (TPSA) is 169 Å². The normalized spacial score (nSPS) is 20.0. The highest BCUT2D eigenvalue weighted by molar-refractivity contribution is 5.80. The second-order valence-electron chi connectivity index (χ2n) is 20.9. The van der Waals surface area contributed by atoms with Crippen molar-refractivity contribution in [2.45, 2.75) is 326 Å². The predicted octanol–water partition coefficient (Wildman–Crippen LogP) is 13.7. The molecule has 1 aliphatic rings. The number of carbonyl (C=O) groups excluding carboxylic acids is 1. The standard InChI is InChI=1S/C60H113NO9/c1-3-5-7-9-11-13-15-17-19-21-22-23-24-25-26-27-28-29-30-31-32-33-35-37-39-41-43-45-47-49-54(64)59(68)61-52(51-69-60-58(67)57(66)56(65)55(50-62)70-60)53(63)48-46-44-42-40-38-36-34-20-18-16-14-12-10-8-6-4-2/h18,20,38,40,46,48,52-58,60,62-67H,3-17,19,21-37,39,41-45,47,49-51H2,1-2H3,(H,61,68)/b20-18+,40-38+,48-46+. The Bertz CT molecular complexity index is 1210. The minimum absolute atomic E-state index is 0.304. The van der Waals surface area contributed by atoms with Gasteiger partial charge in [-0.25, -0.2) is 0 Å². The number of ether oxygens (including phenoxy) is 2. The Morgan fingerprint density at radius 2 is 0.843 bits per heavy atom. The van der Waals surface area contributed by atoms with Crippen LogP contribution in [0.5, 0.6) is 0 Å². The first-order chi connectivity index (χ1) is 34.3. The summed E-state index contributed by atoms with van der Waals surface area (Å²) in [6.45, 7) is 3.61. The lowest BCUT2D eigenvalue weighted by molar-refractivity contribution is -0.302. The van der Waals surface area contributed by atoms with E-state index in [1.165, 1.54) is 199 Å². The summed E-state index contributed by atoms with van der Waals surface area (Å²) in [6.07, 6.45) is 54.1. The van der Waals surface area contributed by atoms with Crippen molar-refractivity contribution in [3.8, 4) is 0 Å². The molecule has 0 aromatic rings. The van der Waals surface area contributed by atoms with Crippen LogP contribution in [-0.4, -0.2) is 98.7 Å². The average Bonchev–Trinajstić information content (AvgIpc) is 3.36. The fourth-order valence-corrected chi connectivity index (χ4v) is 9.49. The fraction of sp³-hybridized carbons (Fsp3) is 0.883. The molecule has 70 heavy (non-hydrogen) atoms. The van der Waals surface area contributed by atoms with E-state index in [1.807, 2.05) is 6.08 Å². The number of hydrogen-bond acceptors (Lipinski definition) is 9. The van der Waals surface area contributed by atoms with Crippen LogP contribution in [0.3, 0.4) is 0 Å². The van der Waals surface area contributed by atoms with Gasteiger partial charge in [0.25, 0.3) is 0 Å². The van der Waals surface area contributed by atoms with Crippen LogP contribution in [0.2, 0.25) is 0 Å². The van der Waals surface area contributed by atoms with Crippen LogP contribution < -0.4 is 5.32 Å². The smallest absolute Gasteiger partial charge is 0.249 e. The molecule has 1 fully saturated rings. The first-order valence-electron chi connectivity index (χ1n) is 29.8. The van der Waals surface area contributed by atoms with E-state index >= 15 is 0 Å². The van der Waals surface area contributed by atoms with Gasteiger partial charge in [-0.2, -0.15) is 0 Å². The molecule has 0 aliphatic carbocycles. The van der Waals surface area contributed by atoms with E-state index in [-0.39, 0.29) is 6.61 Å². The summed E-state index contributed by atoms with van der Waals surface area (Å²) in [5.74, 6) is -0.626. The molecule has 7 N–H and O–H groups in total. The van der Waals surface area contributed by atoms with Crippen molar-refractivity contribution in [3.63, 3.8) is 0 Å². The molecule has 412 valence electrons. The molecule has 8 unspecified atom stereocenters. The third-order valence-corrected chi connectivity index (χ3v) is 14.3. The second-order valence-corrected chi connectivity index (χ2v) is 20.9. The van der Waals surface area contributed by atoms with Gasteiger partial charge in [-0.3, -0.25) is 4.79 Å². The Labute approximate surface area is 430 Å². The third kappa shape index (κ3) is 38.0. The first-order valence-corrected chi connectivity index (χ1v) is 29.8. The summed E-state index contributed by atoms with van der Waals surface area (Å²) in [4.78, 5) is 13.1. The number of rotatable bonds is 51. The molecule has 0 aromatic heterocycles. The summed E-state index contributed by atoms with van der Waals surface area (Å²) in [5, 5.41) is 65.0. The molecule has 1 rings (SSSR count). The summed E-state index contributed by atoms with van der Waals surface area (Å²) >= 11 is 0. The second kappa shape index (κ2) is 49.6. The molecule has 0 bridgehead atoms. The van der Waals surface area contributed by atoms with Gasteiger partial charge >= 0.3 is 0 Å². The molecule has 1 saturated heterocycles. The molecule has 1 heterocycles. The van der Waals surface area contributed by atoms with E-state index in [9.17, 15) is 35.4 Å². The summed E-state index contributed by atoms with van der Waals surface area (Å²) in [6, 6.07) is -1.00. The number of hydrogen-bond donors (Lipinski definition) is 7. The van der Waals surface area contributed by atoms with Gasteiger partial charge in [0.15, 0.2) is 6.29 Å². The highest BCUT2D eigenvalue weighted by Crippen LogP contribution is 2.23. The van der Waals surface area contributed by atoms with Crippen molar-refractivity contribution in [2.75, 3.05) is 13.2 Å². The Morgan fingerprint density at radius 3 is 1.24 bits per heavy atom. The zero-order valence-electron chi connectivity index (χ0n) is 45.4. The van der Waals surface area contributed by atoms with E-state index in [1.54, 1.807) is 6.08 Å². The van der Waals surface area contributed by atoms with Gasteiger partial charge in [0.1, 0.15) is 30.5 Å². The lowest BCUT2D eigenvalue weighted by Gasteiger charge is -2.40. The Morgan fingerprint density at radius 1 is 0.486 bits per heavy atom. The number of carbonyl (C=O) groups is 1. The SMILES string of the molecule is CCCCCCCC/C=C/CC/C=C/CC/C=C/C(O)C(COC1OC(CO)C(O)C(O)C1O)NC(=O)C(O)CCCCCCCCCCCCCCCCCCCCCCCCCCCCCCC. The van der Waals surface area contributed by atoms with Gasteiger partial charge in [-0.05, 0) is 44.9 Å².